The van der Waals surface area contributed by atoms with Crippen LogP contribution in [0.4, 0.5) is 5.82 Å². The average molecular weight is 376 g/mol. The Morgan fingerprint density at radius 3 is 2.64 bits per heavy atom. The first-order valence-corrected chi connectivity index (χ1v) is 9.71. The van der Waals surface area contributed by atoms with E-state index in [0.717, 1.165) is 67.4 Å². The summed E-state index contributed by atoms with van der Waals surface area (Å²) in [4.78, 5) is 9.91. The van der Waals surface area contributed by atoms with Gasteiger partial charge in [0.1, 0.15) is 5.75 Å². The van der Waals surface area contributed by atoms with Crippen LogP contribution in [0, 0.1) is 0 Å². The maximum Gasteiger partial charge on any atom is 0.153 e. The highest BCUT2D eigenvalue weighted by molar-refractivity contribution is 5.86. The van der Waals surface area contributed by atoms with Crippen LogP contribution in [0.25, 0.3) is 16.6 Å². The van der Waals surface area contributed by atoms with E-state index in [1.165, 1.54) is 0 Å². The molecule has 0 N–H and O–H groups in total. The smallest absolute Gasteiger partial charge is 0.153 e. The number of ether oxygens (including phenoxy) is 1. The summed E-state index contributed by atoms with van der Waals surface area (Å²) in [5, 5.41) is 4.29. The quantitative estimate of drug-likeness (QED) is 0.536. The topological polar surface area (TPSA) is 50.8 Å². The van der Waals surface area contributed by atoms with Gasteiger partial charge in [0, 0.05) is 57.4 Å². The highest BCUT2D eigenvalue weighted by Crippen LogP contribution is 2.28. The lowest BCUT2D eigenvalue weighted by atomic mass is 10.2. The molecule has 4 heterocycles. The summed E-state index contributed by atoms with van der Waals surface area (Å²) in [5.41, 5.74) is 3.21. The molecule has 0 atom stereocenters. The van der Waals surface area contributed by atoms with Crippen LogP contribution in [0.3, 0.4) is 0 Å². The molecule has 0 saturated carbocycles. The van der Waals surface area contributed by atoms with Gasteiger partial charge in [-0.25, -0.2) is 4.98 Å². The van der Waals surface area contributed by atoms with Crippen molar-refractivity contribution in [3.63, 3.8) is 0 Å². The molecule has 7 nitrogen and oxygen atoms in total. The molecule has 0 amide bonds. The number of benzene rings is 1. The van der Waals surface area contributed by atoms with Gasteiger partial charge in [-0.3, -0.25) is 9.58 Å². The van der Waals surface area contributed by atoms with Gasteiger partial charge in [0.25, 0.3) is 0 Å². The zero-order valence-electron chi connectivity index (χ0n) is 16.0. The highest BCUT2D eigenvalue weighted by atomic mass is 16.5. The standard InChI is InChI=1S/C21H24N6O/c1-28-17-5-6-19-18(16-17)23-21(20-4-2-9-27(19)20)25-13-10-24(11-14-25)12-15-26-8-3-7-22-26/h2-9,16H,10-15H2,1H3. The Morgan fingerprint density at radius 1 is 0.964 bits per heavy atom. The van der Waals surface area contributed by atoms with Gasteiger partial charge in [-0.15, -0.1) is 0 Å². The van der Waals surface area contributed by atoms with E-state index < -0.39 is 0 Å². The Bertz CT molecular complexity index is 1080. The van der Waals surface area contributed by atoms with Gasteiger partial charge in [0.15, 0.2) is 5.82 Å². The minimum Gasteiger partial charge on any atom is -0.497 e. The van der Waals surface area contributed by atoms with Crippen molar-refractivity contribution in [3.8, 4) is 5.75 Å². The van der Waals surface area contributed by atoms with E-state index in [1.807, 2.05) is 35.3 Å². The fourth-order valence-corrected chi connectivity index (χ4v) is 3.96. The molecule has 4 aromatic rings. The lowest BCUT2D eigenvalue weighted by molar-refractivity contribution is 0.244. The Kier molecular flexibility index (Phi) is 4.37. The normalized spacial score (nSPS) is 15.5. The molecule has 5 rings (SSSR count). The number of rotatable bonds is 5. The molecule has 28 heavy (non-hydrogen) atoms. The van der Waals surface area contributed by atoms with Crippen LogP contribution >= 0.6 is 0 Å². The fraction of sp³-hybridized carbons (Fsp3) is 0.333. The molecule has 3 aromatic heterocycles. The second kappa shape index (κ2) is 7.16. The summed E-state index contributed by atoms with van der Waals surface area (Å²) in [6.45, 7) is 5.98. The van der Waals surface area contributed by atoms with Crippen molar-refractivity contribution in [2.24, 2.45) is 0 Å². The van der Waals surface area contributed by atoms with Crippen LogP contribution in [0.15, 0.2) is 55.0 Å². The zero-order valence-corrected chi connectivity index (χ0v) is 16.0. The number of hydrogen-bond acceptors (Lipinski definition) is 5. The number of aromatic nitrogens is 4. The molecule has 1 saturated heterocycles. The van der Waals surface area contributed by atoms with E-state index >= 15 is 0 Å². The second-order valence-corrected chi connectivity index (χ2v) is 7.15. The first-order chi connectivity index (χ1) is 13.8. The van der Waals surface area contributed by atoms with Gasteiger partial charge in [-0.2, -0.15) is 5.10 Å². The van der Waals surface area contributed by atoms with Crippen molar-refractivity contribution in [1.29, 1.82) is 0 Å². The molecule has 0 radical (unpaired) electrons. The third-order valence-electron chi connectivity index (χ3n) is 5.52. The number of anilines is 1. The van der Waals surface area contributed by atoms with Crippen LogP contribution in [-0.4, -0.2) is 63.9 Å². The molecule has 1 aromatic carbocycles. The summed E-state index contributed by atoms with van der Waals surface area (Å²) in [7, 11) is 1.69. The molecule has 0 unspecified atom stereocenters. The van der Waals surface area contributed by atoms with Crippen molar-refractivity contribution in [2.45, 2.75) is 6.54 Å². The number of nitrogens with zero attached hydrogens (tertiary/aromatic N) is 6. The van der Waals surface area contributed by atoms with Gasteiger partial charge in [0.2, 0.25) is 0 Å². The fourth-order valence-electron chi connectivity index (χ4n) is 3.96. The summed E-state index contributed by atoms with van der Waals surface area (Å²) in [6.07, 6.45) is 5.96. The van der Waals surface area contributed by atoms with Crippen LogP contribution in [-0.2, 0) is 6.54 Å². The monoisotopic (exact) mass is 376 g/mol. The van der Waals surface area contributed by atoms with Crippen molar-refractivity contribution in [1.82, 2.24) is 24.1 Å². The minimum atomic E-state index is 0.834. The number of hydrogen-bond donors (Lipinski definition) is 0. The number of methoxy groups -OCH3 is 1. The highest BCUT2D eigenvalue weighted by Gasteiger charge is 2.21. The first-order valence-electron chi connectivity index (χ1n) is 9.71. The predicted molar refractivity (Wildman–Crippen MR) is 110 cm³/mol. The van der Waals surface area contributed by atoms with E-state index in [4.69, 9.17) is 9.72 Å². The van der Waals surface area contributed by atoms with Crippen LogP contribution in [0.5, 0.6) is 5.75 Å². The Morgan fingerprint density at radius 2 is 1.86 bits per heavy atom. The molecule has 0 aliphatic carbocycles. The predicted octanol–water partition coefficient (Wildman–Crippen LogP) is 2.51. The van der Waals surface area contributed by atoms with Gasteiger partial charge in [0.05, 0.1) is 30.2 Å². The van der Waals surface area contributed by atoms with Crippen molar-refractivity contribution < 1.29 is 4.74 Å². The van der Waals surface area contributed by atoms with E-state index in [1.54, 1.807) is 7.11 Å². The summed E-state index contributed by atoms with van der Waals surface area (Å²) >= 11 is 0. The van der Waals surface area contributed by atoms with E-state index in [-0.39, 0.29) is 0 Å². The van der Waals surface area contributed by atoms with Crippen molar-refractivity contribution in [3.05, 3.63) is 55.0 Å². The van der Waals surface area contributed by atoms with E-state index in [2.05, 4.69) is 43.7 Å². The molecule has 0 spiro atoms. The molecule has 0 bridgehead atoms. The lowest BCUT2D eigenvalue weighted by Gasteiger charge is -2.35. The zero-order chi connectivity index (χ0) is 18.9. The second-order valence-electron chi connectivity index (χ2n) is 7.15. The van der Waals surface area contributed by atoms with Gasteiger partial charge < -0.3 is 14.0 Å². The van der Waals surface area contributed by atoms with Crippen molar-refractivity contribution >= 4 is 22.4 Å². The molecule has 144 valence electrons. The molecule has 7 heteroatoms. The molecule has 1 fully saturated rings. The van der Waals surface area contributed by atoms with E-state index in [9.17, 15) is 0 Å². The first kappa shape index (κ1) is 17.1. The SMILES string of the molecule is COc1ccc2c(c1)nc(N1CCN(CCn3cccn3)CC1)c1cccn12. The van der Waals surface area contributed by atoms with Gasteiger partial charge >= 0.3 is 0 Å². The lowest BCUT2D eigenvalue weighted by Crippen LogP contribution is -2.47. The Balaban J connectivity index is 1.37. The minimum absolute atomic E-state index is 0.834. The largest absolute Gasteiger partial charge is 0.497 e. The summed E-state index contributed by atoms with van der Waals surface area (Å²) in [6, 6.07) is 12.3. The Labute approximate surface area is 163 Å². The molecular weight excluding hydrogens is 352 g/mol. The number of piperazine rings is 1. The third kappa shape index (κ3) is 3.07. The Hall–Kier alpha value is -3.06. The maximum atomic E-state index is 5.40. The summed E-state index contributed by atoms with van der Waals surface area (Å²) in [5.74, 6) is 1.89. The van der Waals surface area contributed by atoms with Gasteiger partial charge in [-0.1, -0.05) is 0 Å². The maximum absolute atomic E-state index is 5.40. The van der Waals surface area contributed by atoms with Crippen LogP contribution in [0.2, 0.25) is 0 Å². The molecule has 1 aliphatic rings. The molecule has 1 aliphatic heterocycles. The van der Waals surface area contributed by atoms with Crippen LogP contribution < -0.4 is 9.64 Å². The number of fused-ring (bicyclic) bond motifs is 3. The van der Waals surface area contributed by atoms with Crippen LogP contribution in [0.1, 0.15) is 0 Å². The van der Waals surface area contributed by atoms with Gasteiger partial charge in [-0.05, 0) is 30.3 Å². The molecular formula is C21H24N6O. The third-order valence-corrected chi connectivity index (χ3v) is 5.52. The average Bonchev–Trinajstić information content (AvgIpc) is 3.43. The van der Waals surface area contributed by atoms with Crippen molar-refractivity contribution in [2.75, 3.05) is 44.7 Å². The van der Waals surface area contributed by atoms with E-state index in [0.29, 0.717) is 0 Å². The summed E-state index contributed by atoms with van der Waals surface area (Å²) < 4.78 is 9.61.